The van der Waals surface area contributed by atoms with Crippen LogP contribution >= 0.6 is 0 Å². The standard InChI is InChI=1S/C73H116O15/c1-5-9-11-12-28-38-47-61(66-57-70(79)88-73(66)84)48-39-31-26-27-34-42-51-69(78)87-63(58-86-68(77)50-41-33-25-21-17-19-23-30-37-46-60(45-35-10-6-2)64(52-54-74)71(80)81)53-55-85-62(43-7-3)49-40-32-24-20-16-14-13-15-18-22-29-36-44-59(8-4)65(72(82)83)56-67(75)76/h13,15,22-23,29-30,36-37,39,43-44,46,48,54,59-61,63-66H,5-12,14,16-21,24-28,31-35,38,40-42,45,47,49-53,55-58H2,1-4H3,(H,75,76)(H,80,81)(H,82,83)/b15-13-,29-22-,30-23-,44-36+,46-37+,48-39+,62-43-. The molecule has 7 atom stereocenters. The van der Waals surface area contributed by atoms with Crippen LogP contribution in [0.1, 0.15) is 272 Å². The molecule has 0 radical (unpaired) electrons. The second-order valence-electron chi connectivity index (χ2n) is 23.8. The molecule has 7 unspecified atom stereocenters. The van der Waals surface area contributed by atoms with Crippen molar-refractivity contribution in [2.24, 2.45) is 35.5 Å². The minimum absolute atomic E-state index is 0.00274. The number of unbranched alkanes of at least 4 members (excludes halogenated alkanes) is 21. The fraction of sp³-hybridized carbons (Fsp3) is 0.699. The Balaban J connectivity index is 2.68. The van der Waals surface area contributed by atoms with Gasteiger partial charge >= 0.3 is 41.8 Å². The van der Waals surface area contributed by atoms with Gasteiger partial charge in [-0.3, -0.25) is 33.6 Å². The molecule has 498 valence electrons. The highest BCUT2D eigenvalue weighted by Gasteiger charge is 2.38. The largest absolute Gasteiger partial charge is 0.498 e. The summed E-state index contributed by atoms with van der Waals surface area (Å²) in [5, 5.41) is 28.2. The molecule has 0 aliphatic carbocycles. The molecule has 0 aromatic carbocycles. The number of allylic oxidation sites excluding steroid dienone is 14. The van der Waals surface area contributed by atoms with Crippen LogP contribution in [-0.4, -0.2) is 82.7 Å². The van der Waals surface area contributed by atoms with E-state index in [2.05, 4.69) is 57.2 Å². The van der Waals surface area contributed by atoms with Crippen LogP contribution in [0, 0.1) is 35.5 Å². The molecule has 1 rings (SSSR count). The third kappa shape index (κ3) is 42.9. The maximum absolute atomic E-state index is 13.2. The Kier molecular flexibility index (Phi) is 50.3. The molecule has 88 heavy (non-hydrogen) atoms. The molecule has 1 aliphatic rings. The lowest BCUT2D eigenvalue weighted by molar-refractivity contribution is -0.160. The predicted molar refractivity (Wildman–Crippen MR) is 349 cm³/mol. The van der Waals surface area contributed by atoms with Crippen molar-refractivity contribution in [2.75, 3.05) is 13.2 Å². The highest BCUT2D eigenvalue weighted by Crippen LogP contribution is 2.31. The molecule has 0 bridgehead atoms. The number of hydrogen-bond donors (Lipinski definition) is 3. The summed E-state index contributed by atoms with van der Waals surface area (Å²) in [4.78, 5) is 96.1. The highest BCUT2D eigenvalue weighted by molar-refractivity contribution is 5.95. The van der Waals surface area contributed by atoms with Crippen LogP contribution in [0.25, 0.3) is 0 Å². The summed E-state index contributed by atoms with van der Waals surface area (Å²) in [6.45, 7) is 8.52. The number of aliphatic carboxylic acids is 3. The van der Waals surface area contributed by atoms with Gasteiger partial charge < -0.3 is 39.1 Å². The van der Waals surface area contributed by atoms with Crippen LogP contribution in [0.5, 0.6) is 0 Å². The fourth-order valence-electron chi connectivity index (χ4n) is 11.0. The van der Waals surface area contributed by atoms with E-state index in [1.54, 1.807) is 12.2 Å². The van der Waals surface area contributed by atoms with Crippen LogP contribution in [0.3, 0.4) is 0 Å². The Morgan fingerprint density at radius 1 is 0.557 bits per heavy atom. The normalized spacial score (nSPS) is 16.0. The van der Waals surface area contributed by atoms with Gasteiger partial charge in [0.15, 0.2) is 0 Å². The number of carboxylic acid groups (broad SMARTS) is 3. The molecule has 3 N–H and O–H groups in total. The van der Waals surface area contributed by atoms with Crippen LogP contribution in [0.4, 0.5) is 0 Å². The molecule has 1 aliphatic heterocycles. The second-order valence-corrected chi connectivity index (χ2v) is 23.8. The molecular weight excluding hydrogens is 1120 g/mol. The van der Waals surface area contributed by atoms with E-state index in [1.807, 2.05) is 37.3 Å². The number of rotatable bonds is 59. The van der Waals surface area contributed by atoms with Gasteiger partial charge in [0.1, 0.15) is 19.0 Å². The molecule has 15 nitrogen and oxygen atoms in total. The van der Waals surface area contributed by atoms with E-state index in [0.717, 1.165) is 166 Å². The quantitative estimate of drug-likeness (QED) is 0.00751. The average Bonchev–Trinajstić information content (AvgIpc) is 3.89. The van der Waals surface area contributed by atoms with E-state index in [1.165, 1.54) is 25.7 Å². The molecule has 15 heteroatoms. The Bertz CT molecular complexity index is 2130. The van der Waals surface area contributed by atoms with Gasteiger partial charge in [-0.25, -0.2) is 0 Å². The molecule has 0 saturated carbocycles. The zero-order valence-electron chi connectivity index (χ0n) is 54.6. The third-order valence-corrected chi connectivity index (χ3v) is 16.3. The first-order valence-corrected chi connectivity index (χ1v) is 34.2. The smallest absolute Gasteiger partial charge is 0.317 e. The SMILES string of the molecule is CC/C=C(/CCCCCCC/C=C\C/C=C\C=C\C(CC)C(CC(=O)O)C(=O)O)OCCC(COC(=O)CCCCCCC/C=C\C=C\C(CCCCC)C(CC=O)C(=O)O)OC(=O)CCCCCC/C=C/C(CCCCCCCC)C1CC(=O)OC1=O. The number of aldehydes is 1. The number of esters is 4. The fourth-order valence-corrected chi connectivity index (χ4v) is 11.0. The molecule has 1 fully saturated rings. The Morgan fingerprint density at radius 3 is 1.72 bits per heavy atom. The summed E-state index contributed by atoms with van der Waals surface area (Å²) >= 11 is 0. The van der Waals surface area contributed by atoms with Gasteiger partial charge in [0.05, 0.1) is 43.0 Å². The number of hydrogen-bond acceptors (Lipinski definition) is 12. The zero-order chi connectivity index (χ0) is 64.7. The molecular formula is C73H116O15. The molecule has 0 spiro atoms. The maximum Gasteiger partial charge on any atom is 0.317 e. The topological polar surface area (TPSA) is 234 Å². The van der Waals surface area contributed by atoms with E-state index >= 15 is 0 Å². The highest BCUT2D eigenvalue weighted by atomic mass is 16.6. The summed E-state index contributed by atoms with van der Waals surface area (Å²) in [5.74, 6) is -6.29. The van der Waals surface area contributed by atoms with Gasteiger partial charge in [-0.15, -0.1) is 0 Å². The van der Waals surface area contributed by atoms with Crippen molar-refractivity contribution in [1.82, 2.24) is 0 Å². The van der Waals surface area contributed by atoms with Gasteiger partial charge in [0, 0.05) is 32.1 Å². The number of carbonyl (C=O) groups is 8. The van der Waals surface area contributed by atoms with Gasteiger partial charge in [0.25, 0.3) is 0 Å². The van der Waals surface area contributed by atoms with Gasteiger partial charge in [-0.05, 0) is 114 Å². The van der Waals surface area contributed by atoms with E-state index in [-0.39, 0.29) is 62.0 Å². The molecule has 1 heterocycles. The van der Waals surface area contributed by atoms with Crippen molar-refractivity contribution in [3.63, 3.8) is 0 Å². The van der Waals surface area contributed by atoms with Crippen LogP contribution in [-0.2, 0) is 57.3 Å². The van der Waals surface area contributed by atoms with Crippen molar-refractivity contribution < 1.29 is 72.6 Å². The van der Waals surface area contributed by atoms with Gasteiger partial charge in [-0.2, -0.15) is 0 Å². The minimum Gasteiger partial charge on any atom is -0.498 e. The summed E-state index contributed by atoms with van der Waals surface area (Å²) < 4.78 is 22.8. The van der Waals surface area contributed by atoms with Gasteiger partial charge in [-0.1, -0.05) is 210 Å². The monoisotopic (exact) mass is 1230 g/mol. The molecule has 0 amide bonds. The first kappa shape index (κ1) is 80.2. The molecule has 1 saturated heterocycles. The first-order valence-electron chi connectivity index (χ1n) is 34.2. The molecule has 0 aromatic rings. The Morgan fingerprint density at radius 2 is 1.11 bits per heavy atom. The minimum atomic E-state index is -1.11. The second kappa shape index (κ2) is 55.2. The lowest BCUT2D eigenvalue weighted by Gasteiger charge is -2.19. The summed E-state index contributed by atoms with van der Waals surface area (Å²) in [6, 6.07) is 0. The van der Waals surface area contributed by atoms with Crippen molar-refractivity contribution >= 4 is 48.1 Å². The van der Waals surface area contributed by atoms with Crippen molar-refractivity contribution in [3.05, 3.63) is 84.7 Å². The van der Waals surface area contributed by atoms with E-state index in [0.29, 0.717) is 38.6 Å². The molecule has 0 aromatic heterocycles. The van der Waals surface area contributed by atoms with E-state index < -0.39 is 60.1 Å². The number of ether oxygens (including phenoxy) is 4. The van der Waals surface area contributed by atoms with Crippen LogP contribution in [0.2, 0.25) is 0 Å². The Labute approximate surface area is 529 Å². The van der Waals surface area contributed by atoms with Crippen molar-refractivity contribution in [3.8, 4) is 0 Å². The summed E-state index contributed by atoms with van der Waals surface area (Å²) in [5.41, 5.74) is 0. The van der Waals surface area contributed by atoms with E-state index in [4.69, 9.17) is 24.1 Å². The van der Waals surface area contributed by atoms with Gasteiger partial charge in [0.2, 0.25) is 0 Å². The number of cyclic esters (lactones) is 2. The van der Waals surface area contributed by atoms with E-state index in [9.17, 15) is 48.6 Å². The van der Waals surface area contributed by atoms with Crippen LogP contribution < -0.4 is 0 Å². The summed E-state index contributed by atoms with van der Waals surface area (Å²) in [6.07, 6.45) is 57.3. The summed E-state index contributed by atoms with van der Waals surface area (Å²) in [7, 11) is 0. The lowest BCUT2D eigenvalue weighted by atomic mass is 9.85. The third-order valence-electron chi connectivity index (χ3n) is 16.3. The zero-order valence-corrected chi connectivity index (χ0v) is 54.6. The average molecular weight is 1230 g/mol. The van der Waals surface area contributed by atoms with Crippen LogP contribution in [0.15, 0.2) is 84.7 Å². The van der Waals surface area contributed by atoms with Crippen molar-refractivity contribution in [1.29, 1.82) is 0 Å². The van der Waals surface area contributed by atoms with Crippen molar-refractivity contribution in [2.45, 2.75) is 278 Å². The number of carboxylic acids is 3. The Hall–Kier alpha value is -5.86. The number of carbonyl (C=O) groups excluding carboxylic acids is 5. The maximum atomic E-state index is 13.2. The lowest BCUT2D eigenvalue weighted by Crippen LogP contribution is -2.26. The predicted octanol–water partition coefficient (Wildman–Crippen LogP) is 17.8. The first-order chi connectivity index (χ1) is 42.7.